The van der Waals surface area contributed by atoms with Crippen LogP contribution in [0.5, 0.6) is 0 Å². The first kappa shape index (κ1) is 17.1. The van der Waals surface area contributed by atoms with Gasteiger partial charge in [-0.15, -0.1) is 0 Å². The van der Waals surface area contributed by atoms with Crippen LogP contribution in [0.25, 0.3) is 11.2 Å². The molecule has 2 aromatic rings. The molecule has 140 valence electrons. The van der Waals surface area contributed by atoms with Crippen LogP contribution in [-0.2, 0) is 9.53 Å². The topological polar surface area (TPSA) is 142 Å². The van der Waals surface area contributed by atoms with Gasteiger partial charge in [0.2, 0.25) is 11.9 Å². The number of hydrogen-bond donors (Lipinski definition) is 4. The first-order valence-electron chi connectivity index (χ1n) is 8.54. The molecule has 26 heavy (non-hydrogen) atoms. The Balaban J connectivity index is 1.74. The van der Waals surface area contributed by atoms with Gasteiger partial charge in [-0.05, 0) is 6.42 Å². The van der Waals surface area contributed by atoms with Gasteiger partial charge in [0.05, 0.1) is 31.7 Å². The number of carbonyl (C=O) groups is 1. The number of aliphatic hydroxyl groups excluding tert-OH is 2. The summed E-state index contributed by atoms with van der Waals surface area (Å²) in [5.41, 5.74) is -0.728. The van der Waals surface area contributed by atoms with E-state index in [2.05, 4.69) is 20.3 Å². The lowest BCUT2D eigenvalue weighted by Gasteiger charge is -2.28. The zero-order valence-corrected chi connectivity index (χ0v) is 14.5. The Kier molecular flexibility index (Phi) is 3.86. The molecule has 4 N–H and O–H groups in total. The largest absolute Gasteiger partial charge is 0.396 e. The van der Waals surface area contributed by atoms with Crippen molar-refractivity contribution < 1.29 is 19.7 Å². The van der Waals surface area contributed by atoms with E-state index < -0.39 is 23.2 Å². The first-order chi connectivity index (χ1) is 12.4. The minimum atomic E-state index is -0.794. The quantitative estimate of drug-likeness (QED) is 0.568. The SMILES string of the molecule is CC(C)C(=O)Nc1nc2c(ncn2[C@@H]2C[C@@]3(CO)COC2[C@H]3O)c(=O)[nH]1. The second kappa shape index (κ2) is 5.86. The predicted molar refractivity (Wildman–Crippen MR) is 90.5 cm³/mol. The van der Waals surface area contributed by atoms with Crippen molar-refractivity contribution in [1.29, 1.82) is 0 Å². The maximum Gasteiger partial charge on any atom is 0.280 e. The van der Waals surface area contributed by atoms with Crippen LogP contribution in [-0.4, -0.2) is 61.1 Å². The average molecular weight is 363 g/mol. The zero-order chi connectivity index (χ0) is 18.6. The van der Waals surface area contributed by atoms with Gasteiger partial charge in [0, 0.05) is 11.3 Å². The molecule has 4 atom stereocenters. The van der Waals surface area contributed by atoms with Crippen LogP contribution < -0.4 is 10.9 Å². The molecule has 1 unspecified atom stereocenters. The van der Waals surface area contributed by atoms with Crippen LogP contribution in [0.2, 0.25) is 0 Å². The first-order valence-corrected chi connectivity index (χ1v) is 8.54. The van der Waals surface area contributed by atoms with Crippen molar-refractivity contribution >= 4 is 23.0 Å². The predicted octanol–water partition coefficient (Wildman–Crippen LogP) is -0.603. The van der Waals surface area contributed by atoms with Gasteiger partial charge in [-0.25, -0.2) is 4.98 Å². The Bertz CT molecular complexity index is 921. The van der Waals surface area contributed by atoms with Crippen LogP contribution in [0.15, 0.2) is 11.1 Å². The van der Waals surface area contributed by atoms with E-state index in [-0.39, 0.29) is 35.9 Å². The van der Waals surface area contributed by atoms with Gasteiger partial charge in [0.15, 0.2) is 11.2 Å². The number of amides is 1. The summed E-state index contributed by atoms with van der Waals surface area (Å²) < 4.78 is 7.34. The second-order valence-electron chi connectivity index (χ2n) is 7.39. The van der Waals surface area contributed by atoms with Crippen molar-refractivity contribution in [3.05, 3.63) is 16.7 Å². The molecule has 1 saturated carbocycles. The third-order valence-electron chi connectivity index (χ3n) is 5.37. The van der Waals surface area contributed by atoms with Crippen molar-refractivity contribution in [2.24, 2.45) is 11.3 Å². The van der Waals surface area contributed by atoms with Crippen LogP contribution in [0.1, 0.15) is 26.3 Å². The molecule has 1 aliphatic heterocycles. The van der Waals surface area contributed by atoms with E-state index in [1.165, 1.54) is 6.33 Å². The number of hydrogen-bond acceptors (Lipinski definition) is 7. The summed E-state index contributed by atoms with van der Waals surface area (Å²) in [4.78, 5) is 35.1. The Hall–Kier alpha value is -2.30. The molecular weight excluding hydrogens is 342 g/mol. The highest BCUT2D eigenvalue weighted by Gasteiger charge is 2.59. The molecule has 2 bridgehead atoms. The molecule has 2 aromatic heterocycles. The summed E-state index contributed by atoms with van der Waals surface area (Å²) in [5.74, 6) is -0.486. The minimum Gasteiger partial charge on any atom is -0.396 e. The van der Waals surface area contributed by atoms with Crippen LogP contribution in [0.4, 0.5) is 5.95 Å². The number of aliphatic hydroxyl groups is 2. The number of anilines is 1. The summed E-state index contributed by atoms with van der Waals surface area (Å²) in [6.07, 6.45) is 0.669. The number of nitrogens with zero attached hydrogens (tertiary/aromatic N) is 3. The molecule has 2 aliphatic rings. The molecule has 1 saturated heterocycles. The normalized spacial score (nSPS) is 30.4. The molecule has 2 fully saturated rings. The molecule has 1 amide bonds. The van der Waals surface area contributed by atoms with Gasteiger partial charge in [-0.1, -0.05) is 13.8 Å². The summed E-state index contributed by atoms with van der Waals surface area (Å²) in [6.45, 7) is 3.58. The zero-order valence-electron chi connectivity index (χ0n) is 14.5. The van der Waals surface area contributed by atoms with Crippen molar-refractivity contribution in [3.8, 4) is 0 Å². The van der Waals surface area contributed by atoms with Crippen molar-refractivity contribution in [1.82, 2.24) is 19.5 Å². The highest BCUT2D eigenvalue weighted by atomic mass is 16.5. The maximum absolute atomic E-state index is 12.3. The number of ether oxygens (including phenoxy) is 1. The summed E-state index contributed by atoms with van der Waals surface area (Å²) in [5, 5.41) is 22.7. The van der Waals surface area contributed by atoms with Gasteiger partial charge in [-0.2, -0.15) is 4.98 Å². The smallest absolute Gasteiger partial charge is 0.280 e. The summed E-state index contributed by atoms with van der Waals surface area (Å²) >= 11 is 0. The Morgan fingerprint density at radius 3 is 3.00 bits per heavy atom. The fourth-order valence-corrected chi connectivity index (χ4v) is 3.77. The second-order valence-corrected chi connectivity index (χ2v) is 7.39. The number of nitrogens with one attached hydrogen (secondary N) is 2. The molecular formula is C16H21N5O5. The number of carbonyl (C=O) groups excluding carboxylic acids is 1. The molecule has 10 heteroatoms. The van der Waals surface area contributed by atoms with Gasteiger partial charge >= 0.3 is 0 Å². The van der Waals surface area contributed by atoms with E-state index in [4.69, 9.17) is 4.74 Å². The van der Waals surface area contributed by atoms with E-state index >= 15 is 0 Å². The number of rotatable bonds is 4. The third kappa shape index (κ3) is 2.37. The average Bonchev–Trinajstić information content (AvgIpc) is 3.25. The number of H-pyrrole nitrogens is 1. The lowest BCUT2D eigenvalue weighted by Crippen LogP contribution is -2.34. The molecule has 1 aliphatic carbocycles. The number of aromatic nitrogens is 4. The third-order valence-corrected chi connectivity index (χ3v) is 5.37. The number of aromatic amines is 1. The van der Waals surface area contributed by atoms with Crippen LogP contribution >= 0.6 is 0 Å². The summed E-state index contributed by atoms with van der Waals surface area (Å²) in [7, 11) is 0. The fraction of sp³-hybridized carbons (Fsp3) is 0.625. The van der Waals surface area contributed by atoms with Crippen LogP contribution in [0.3, 0.4) is 0 Å². The standard InChI is InChI=1S/C16H21N5O5/c1-7(2)13(24)19-15-18-12-9(14(25)20-15)17-6-21(12)8-3-16(4-22)5-26-10(8)11(16)23/h6-8,10-11,22-23H,3-5H2,1-2H3,(H2,18,19,20,24,25)/t8-,10?,11-,16-/m1/s1. The fourth-order valence-electron chi connectivity index (χ4n) is 3.77. The molecule has 0 radical (unpaired) electrons. The Morgan fingerprint density at radius 1 is 1.58 bits per heavy atom. The number of fused-ring (bicyclic) bond motifs is 3. The van der Waals surface area contributed by atoms with E-state index in [0.29, 0.717) is 18.7 Å². The van der Waals surface area contributed by atoms with Gasteiger partial charge in [-0.3, -0.25) is 19.9 Å². The van der Waals surface area contributed by atoms with Gasteiger partial charge < -0.3 is 19.5 Å². The Labute approximate surface area is 148 Å². The number of imidazole rings is 1. The van der Waals surface area contributed by atoms with E-state index in [9.17, 15) is 19.8 Å². The molecule has 0 aromatic carbocycles. The maximum atomic E-state index is 12.3. The van der Waals surface area contributed by atoms with E-state index in [1.54, 1.807) is 18.4 Å². The highest BCUT2D eigenvalue weighted by molar-refractivity contribution is 5.91. The van der Waals surface area contributed by atoms with Gasteiger partial charge in [0.25, 0.3) is 5.56 Å². The molecule has 0 spiro atoms. The highest BCUT2D eigenvalue weighted by Crippen LogP contribution is 2.51. The van der Waals surface area contributed by atoms with Crippen molar-refractivity contribution in [2.75, 3.05) is 18.5 Å². The van der Waals surface area contributed by atoms with E-state index in [0.717, 1.165) is 0 Å². The van der Waals surface area contributed by atoms with Crippen molar-refractivity contribution in [2.45, 2.75) is 38.5 Å². The van der Waals surface area contributed by atoms with Gasteiger partial charge in [0.1, 0.15) is 6.10 Å². The van der Waals surface area contributed by atoms with E-state index in [1.807, 2.05) is 0 Å². The monoisotopic (exact) mass is 363 g/mol. The van der Waals surface area contributed by atoms with Crippen molar-refractivity contribution in [3.63, 3.8) is 0 Å². The molecule has 3 heterocycles. The Morgan fingerprint density at radius 2 is 2.35 bits per heavy atom. The summed E-state index contributed by atoms with van der Waals surface area (Å²) in [6, 6.07) is -0.307. The lowest BCUT2D eigenvalue weighted by atomic mass is 9.87. The minimum absolute atomic E-state index is 0.0458. The lowest BCUT2D eigenvalue weighted by molar-refractivity contribution is -0.118. The molecule has 10 nitrogen and oxygen atoms in total. The molecule has 4 rings (SSSR count). The van der Waals surface area contributed by atoms with Crippen LogP contribution in [0, 0.1) is 11.3 Å².